The van der Waals surface area contributed by atoms with Crippen molar-refractivity contribution in [1.82, 2.24) is 14.4 Å². The number of halogens is 3. The lowest BCUT2D eigenvalue weighted by Gasteiger charge is -2.22. The molecule has 3 rings (SSSR count). The summed E-state index contributed by atoms with van der Waals surface area (Å²) in [5.41, 5.74) is 0.0469. The molecular weight excluding hydrogens is 347 g/mol. The summed E-state index contributed by atoms with van der Waals surface area (Å²) in [7, 11) is 1.82. The number of rotatable bonds is 2. The average molecular weight is 365 g/mol. The van der Waals surface area contributed by atoms with Crippen LogP contribution in [0.1, 0.15) is 27.1 Å². The van der Waals surface area contributed by atoms with Gasteiger partial charge < -0.3 is 14.4 Å². The minimum absolute atomic E-state index is 0.140. The van der Waals surface area contributed by atoms with Gasteiger partial charge in [-0.3, -0.25) is 9.59 Å². The van der Waals surface area contributed by atoms with Crippen LogP contribution in [0, 0.1) is 17.5 Å². The Kier molecular flexibility index (Phi) is 5.01. The van der Waals surface area contributed by atoms with E-state index in [1.54, 1.807) is 27.9 Å². The molecule has 0 radical (unpaired) electrons. The van der Waals surface area contributed by atoms with Crippen LogP contribution in [0.3, 0.4) is 0 Å². The second-order valence-corrected chi connectivity index (χ2v) is 6.23. The molecule has 2 heterocycles. The third-order valence-corrected chi connectivity index (χ3v) is 4.41. The van der Waals surface area contributed by atoms with E-state index < -0.39 is 28.9 Å². The third kappa shape index (κ3) is 3.44. The van der Waals surface area contributed by atoms with Gasteiger partial charge in [0.15, 0.2) is 17.5 Å². The molecule has 0 N–H and O–H groups in total. The molecule has 0 saturated carbocycles. The highest BCUT2D eigenvalue weighted by atomic mass is 19.2. The summed E-state index contributed by atoms with van der Waals surface area (Å²) >= 11 is 0. The zero-order valence-corrected chi connectivity index (χ0v) is 14.2. The highest BCUT2D eigenvalue weighted by Gasteiger charge is 2.27. The first-order valence-corrected chi connectivity index (χ1v) is 8.22. The SMILES string of the molecule is Cn1ccc(C(=O)N2CCCN(C(=O)c3ccc(F)c(F)c3F)CC2)c1. The molecule has 2 aromatic rings. The molecule has 1 aliphatic heterocycles. The van der Waals surface area contributed by atoms with Gasteiger partial charge in [0.1, 0.15) is 0 Å². The lowest BCUT2D eigenvalue weighted by atomic mass is 10.1. The summed E-state index contributed by atoms with van der Waals surface area (Å²) in [5.74, 6) is -5.34. The molecule has 5 nitrogen and oxygen atoms in total. The number of hydrogen-bond donors (Lipinski definition) is 0. The van der Waals surface area contributed by atoms with Gasteiger partial charge in [0, 0.05) is 45.6 Å². The topological polar surface area (TPSA) is 45.6 Å². The minimum atomic E-state index is -1.66. The van der Waals surface area contributed by atoms with Crippen molar-refractivity contribution in [2.75, 3.05) is 26.2 Å². The summed E-state index contributed by atoms with van der Waals surface area (Å²) in [5, 5.41) is 0. The van der Waals surface area contributed by atoms with E-state index >= 15 is 0 Å². The Balaban J connectivity index is 1.71. The van der Waals surface area contributed by atoms with E-state index in [-0.39, 0.29) is 19.0 Å². The van der Waals surface area contributed by atoms with Crippen LogP contribution < -0.4 is 0 Å². The van der Waals surface area contributed by atoms with E-state index in [0.717, 1.165) is 12.1 Å². The van der Waals surface area contributed by atoms with Gasteiger partial charge in [-0.15, -0.1) is 0 Å². The third-order valence-electron chi connectivity index (χ3n) is 4.41. The van der Waals surface area contributed by atoms with Gasteiger partial charge in [0.25, 0.3) is 11.8 Å². The van der Waals surface area contributed by atoms with Crippen molar-refractivity contribution in [2.24, 2.45) is 7.05 Å². The molecule has 0 aliphatic carbocycles. The lowest BCUT2D eigenvalue weighted by molar-refractivity contribution is 0.0715. The standard InChI is InChI=1S/C18H18F3N3O2/c1-22-8-5-12(11-22)17(25)23-6-2-7-24(10-9-23)18(26)13-3-4-14(19)16(21)15(13)20/h3-5,8,11H,2,6-7,9-10H2,1H3. The molecule has 1 fully saturated rings. The second kappa shape index (κ2) is 7.23. The fraction of sp³-hybridized carbons (Fsp3) is 0.333. The maximum absolute atomic E-state index is 13.9. The van der Waals surface area contributed by atoms with Crippen LogP contribution >= 0.6 is 0 Å². The highest BCUT2D eigenvalue weighted by Crippen LogP contribution is 2.18. The first-order valence-electron chi connectivity index (χ1n) is 8.22. The van der Waals surface area contributed by atoms with Crippen LogP contribution in [0.15, 0.2) is 30.6 Å². The van der Waals surface area contributed by atoms with E-state index in [1.165, 1.54) is 4.90 Å². The Morgan fingerprint density at radius 2 is 1.54 bits per heavy atom. The highest BCUT2D eigenvalue weighted by molar-refractivity contribution is 5.95. The molecule has 0 bridgehead atoms. The molecule has 1 aromatic carbocycles. The fourth-order valence-corrected chi connectivity index (χ4v) is 3.00. The maximum Gasteiger partial charge on any atom is 0.257 e. The number of hydrogen-bond acceptors (Lipinski definition) is 2. The minimum Gasteiger partial charge on any atom is -0.356 e. The van der Waals surface area contributed by atoms with Crippen LogP contribution in [-0.2, 0) is 7.05 Å². The number of carbonyl (C=O) groups is 2. The van der Waals surface area contributed by atoms with Crippen LogP contribution in [-0.4, -0.2) is 52.4 Å². The smallest absolute Gasteiger partial charge is 0.257 e. The Labute approximate surface area is 148 Å². The van der Waals surface area contributed by atoms with Gasteiger partial charge in [0.05, 0.1) is 11.1 Å². The van der Waals surface area contributed by atoms with E-state index in [4.69, 9.17) is 0 Å². The molecule has 2 amide bonds. The molecule has 1 saturated heterocycles. The van der Waals surface area contributed by atoms with Crippen molar-refractivity contribution < 1.29 is 22.8 Å². The molecule has 26 heavy (non-hydrogen) atoms. The van der Waals surface area contributed by atoms with Crippen molar-refractivity contribution in [2.45, 2.75) is 6.42 Å². The number of aryl methyl sites for hydroxylation is 1. The van der Waals surface area contributed by atoms with Crippen molar-refractivity contribution in [3.05, 3.63) is 59.2 Å². The van der Waals surface area contributed by atoms with Crippen molar-refractivity contribution >= 4 is 11.8 Å². The van der Waals surface area contributed by atoms with E-state index in [2.05, 4.69) is 0 Å². The van der Waals surface area contributed by atoms with Crippen molar-refractivity contribution in [1.29, 1.82) is 0 Å². The number of amides is 2. The van der Waals surface area contributed by atoms with Gasteiger partial charge in [0.2, 0.25) is 0 Å². The molecule has 0 unspecified atom stereocenters. The molecule has 0 atom stereocenters. The van der Waals surface area contributed by atoms with Gasteiger partial charge in [-0.2, -0.15) is 0 Å². The number of benzene rings is 1. The van der Waals surface area contributed by atoms with E-state index in [0.29, 0.717) is 25.1 Å². The molecule has 8 heteroatoms. The van der Waals surface area contributed by atoms with Crippen LogP contribution in [0.5, 0.6) is 0 Å². The largest absolute Gasteiger partial charge is 0.356 e. The first kappa shape index (κ1) is 18.0. The predicted octanol–water partition coefficient (Wildman–Crippen LogP) is 2.43. The van der Waals surface area contributed by atoms with E-state index in [1.807, 2.05) is 7.05 Å². The fourth-order valence-electron chi connectivity index (χ4n) is 3.00. The molecule has 138 valence electrons. The normalized spacial score (nSPS) is 15.1. The monoisotopic (exact) mass is 365 g/mol. The first-order chi connectivity index (χ1) is 12.4. The lowest BCUT2D eigenvalue weighted by Crippen LogP contribution is -2.37. The van der Waals surface area contributed by atoms with Gasteiger partial charge in [-0.05, 0) is 24.6 Å². The van der Waals surface area contributed by atoms with Crippen LogP contribution in [0.25, 0.3) is 0 Å². The Morgan fingerprint density at radius 1 is 0.885 bits per heavy atom. The Morgan fingerprint density at radius 3 is 2.15 bits per heavy atom. The molecule has 0 spiro atoms. The van der Waals surface area contributed by atoms with Gasteiger partial charge in [-0.1, -0.05) is 0 Å². The van der Waals surface area contributed by atoms with E-state index in [9.17, 15) is 22.8 Å². The zero-order valence-electron chi connectivity index (χ0n) is 14.2. The Hall–Kier alpha value is -2.77. The molecule has 1 aromatic heterocycles. The summed E-state index contributed by atoms with van der Waals surface area (Å²) in [4.78, 5) is 28.0. The number of nitrogens with zero attached hydrogens (tertiary/aromatic N) is 3. The average Bonchev–Trinajstić information content (AvgIpc) is 2.91. The number of carbonyl (C=O) groups excluding carboxylic acids is 2. The van der Waals surface area contributed by atoms with Crippen LogP contribution in [0.4, 0.5) is 13.2 Å². The second-order valence-electron chi connectivity index (χ2n) is 6.23. The van der Waals surface area contributed by atoms with Gasteiger partial charge in [-0.25, -0.2) is 13.2 Å². The zero-order chi connectivity index (χ0) is 18.8. The quantitative estimate of drug-likeness (QED) is 0.768. The maximum atomic E-state index is 13.9. The van der Waals surface area contributed by atoms with Gasteiger partial charge >= 0.3 is 0 Å². The summed E-state index contributed by atoms with van der Waals surface area (Å²) in [6, 6.07) is 3.38. The summed E-state index contributed by atoms with van der Waals surface area (Å²) in [6.45, 7) is 1.23. The van der Waals surface area contributed by atoms with Crippen molar-refractivity contribution in [3.8, 4) is 0 Å². The summed E-state index contributed by atoms with van der Waals surface area (Å²) < 4.78 is 42.1. The predicted molar refractivity (Wildman–Crippen MR) is 88.2 cm³/mol. The number of aromatic nitrogens is 1. The molecule has 1 aliphatic rings. The Bertz CT molecular complexity index is 850. The summed E-state index contributed by atoms with van der Waals surface area (Å²) in [6.07, 6.45) is 4.00. The van der Waals surface area contributed by atoms with Crippen LogP contribution in [0.2, 0.25) is 0 Å². The van der Waals surface area contributed by atoms with Crippen molar-refractivity contribution in [3.63, 3.8) is 0 Å². The molecular formula is C18H18F3N3O2.